The Morgan fingerprint density at radius 1 is 0.582 bits per heavy atom. The summed E-state index contributed by atoms with van der Waals surface area (Å²) in [5.41, 5.74) is 0. The maximum atomic E-state index is 13.1. The smallest absolute Gasteiger partial charge is 0.308 e. The summed E-state index contributed by atoms with van der Waals surface area (Å²) in [6.07, 6.45) is 4.11. The van der Waals surface area contributed by atoms with Crippen LogP contribution in [0.25, 0.3) is 0 Å². The Balaban J connectivity index is 1.83. The summed E-state index contributed by atoms with van der Waals surface area (Å²) in [4.78, 5) is 13.1. The van der Waals surface area contributed by atoms with Gasteiger partial charge in [0.25, 0.3) is 16.6 Å². The first-order chi connectivity index (χ1) is 25.8. The van der Waals surface area contributed by atoms with Gasteiger partial charge in [0.1, 0.15) is 0 Å². The minimum Gasteiger partial charge on any atom is -0.469 e. The van der Waals surface area contributed by atoms with E-state index in [9.17, 15) is 4.79 Å². The molecule has 4 aromatic carbocycles. The molecule has 5 nitrogen and oxygen atoms in total. The molecule has 0 heterocycles. The van der Waals surface area contributed by atoms with E-state index in [2.05, 4.69) is 197 Å². The van der Waals surface area contributed by atoms with E-state index in [1.165, 1.54) is 17.5 Å². The fourth-order valence-corrected chi connectivity index (χ4v) is 17.7. The highest BCUT2D eigenvalue weighted by atomic mass is 28.4. The first kappa shape index (κ1) is 44.3. The van der Waals surface area contributed by atoms with Gasteiger partial charge in [-0.3, -0.25) is 4.79 Å². The number of esters is 1. The molecule has 0 amide bonds. The molecule has 0 aromatic heterocycles. The molecule has 0 unspecified atom stereocenters. The van der Waals surface area contributed by atoms with E-state index in [0.29, 0.717) is 13.0 Å². The highest BCUT2D eigenvalue weighted by Crippen LogP contribution is 2.41. The second kappa shape index (κ2) is 18.3. The van der Waals surface area contributed by atoms with Crippen molar-refractivity contribution in [2.45, 2.75) is 116 Å². The minimum absolute atomic E-state index is 0.0417. The average Bonchev–Trinajstić information content (AvgIpc) is 3.14. The lowest BCUT2D eigenvalue weighted by Gasteiger charge is -2.46. The van der Waals surface area contributed by atoms with Crippen molar-refractivity contribution in [3.05, 3.63) is 133 Å². The molecular formula is C47H66O5Si3. The standard InChI is InChI=1S/C47H66O5Si3/c1-45(2,3)53(11,12)50-37-39(52-55(47(7,8)9,42-32-21-15-22-33-42)43-34-23-16-24-35-43)27-25-26-38(36-44(48)49-10)51-54(46(4,5)6,40-28-17-13-18-29-40)41-30-19-14-20-31-41/h13-26,28-35,38-39H,27,36-37H2,1-12H3/b26-25+/t38-,39+/m0/s1. The second-order valence-electron chi connectivity index (χ2n) is 18.2. The zero-order chi connectivity index (χ0) is 40.5. The molecule has 8 heteroatoms. The summed E-state index contributed by atoms with van der Waals surface area (Å²) in [6, 6.07) is 42.7. The number of benzene rings is 4. The van der Waals surface area contributed by atoms with Crippen molar-refractivity contribution in [1.82, 2.24) is 0 Å². The number of carbonyl (C=O) groups is 1. The maximum Gasteiger partial charge on any atom is 0.308 e. The van der Waals surface area contributed by atoms with Crippen molar-refractivity contribution in [3.63, 3.8) is 0 Å². The molecule has 0 N–H and O–H groups in total. The van der Waals surface area contributed by atoms with E-state index in [1.54, 1.807) is 0 Å². The van der Waals surface area contributed by atoms with Gasteiger partial charge in [-0.2, -0.15) is 0 Å². The number of hydrogen-bond donors (Lipinski definition) is 0. The second-order valence-corrected chi connectivity index (χ2v) is 31.6. The van der Waals surface area contributed by atoms with E-state index in [0.717, 1.165) is 10.4 Å². The van der Waals surface area contributed by atoms with E-state index >= 15 is 0 Å². The van der Waals surface area contributed by atoms with Gasteiger partial charge in [-0.1, -0.05) is 196 Å². The first-order valence-electron chi connectivity index (χ1n) is 19.7. The Labute approximate surface area is 335 Å². The fraction of sp³-hybridized carbons (Fsp3) is 0.426. The van der Waals surface area contributed by atoms with Crippen LogP contribution in [-0.4, -0.2) is 56.8 Å². The van der Waals surface area contributed by atoms with Crippen molar-refractivity contribution >= 4 is 51.7 Å². The largest absolute Gasteiger partial charge is 0.469 e. The summed E-state index contributed by atoms with van der Waals surface area (Å²) < 4.78 is 27.4. The molecule has 2 atom stereocenters. The van der Waals surface area contributed by atoms with Crippen molar-refractivity contribution in [1.29, 1.82) is 0 Å². The third kappa shape index (κ3) is 10.3. The summed E-state index contributed by atoms with van der Waals surface area (Å²) in [6.45, 7) is 25.6. The predicted molar refractivity (Wildman–Crippen MR) is 239 cm³/mol. The Kier molecular flexibility index (Phi) is 14.7. The number of ether oxygens (including phenoxy) is 1. The Morgan fingerprint density at radius 2 is 0.945 bits per heavy atom. The van der Waals surface area contributed by atoms with Crippen LogP contribution >= 0.6 is 0 Å². The third-order valence-electron chi connectivity index (χ3n) is 11.3. The van der Waals surface area contributed by atoms with Crippen LogP contribution in [0.5, 0.6) is 0 Å². The zero-order valence-corrected chi connectivity index (χ0v) is 38.5. The van der Waals surface area contributed by atoms with Crippen molar-refractivity contribution < 1.29 is 22.8 Å². The summed E-state index contributed by atoms with van der Waals surface area (Å²) in [5, 5.41) is 4.36. The Morgan fingerprint density at radius 3 is 1.27 bits per heavy atom. The molecule has 296 valence electrons. The van der Waals surface area contributed by atoms with E-state index < -0.39 is 31.1 Å². The molecule has 4 rings (SSSR count). The Hall–Kier alpha value is -3.38. The van der Waals surface area contributed by atoms with Gasteiger partial charge in [0.15, 0.2) is 8.32 Å². The number of methoxy groups -OCH3 is 1. The molecule has 0 radical (unpaired) electrons. The van der Waals surface area contributed by atoms with Gasteiger partial charge in [0, 0.05) is 0 Å². The molecule has 0 fully saturated rings. The van der Waals surface area contributed by atoms with Gasteiger partial charge in [0.05, 0.1) is 32.3 Å². The fourth-order valence-electron chi connectivity index (χ4n) is 7.31. The first-order valence-corrected chi connectivity index (χ1v) is 26.5. The van der Waals surface area contributed by atoms with Crippen molar-refractivity contribution in [2.75, 3.05) is 13.7 Å². The van der Waals surface area contributed by atoms with Crippen molar-refractivity contribution in [3.8, 4) is 0 Å². The highest BCUT2D eigenvalue weighted by molar-refractivity contribution is 7.00. The van der Waals surface area contributed by atoms with Crippen LogP contribution in [0.1, 0.15) is 75.2 Å². The van der Waals surface area contributed by atoms with Crippen LogP contribution in [0.15, 0.2) is 133 Å². The summed E-state index contributed by atoms with van der Waals surface area (Å²) in [5.74, 6) is -0.311. The number of carbonyl (C=O) groups excluding carboxylic acids is 1. The number of rotatable bonds is 16. The van der Waals surface area contributed by atoms with Gasteiger partial charge in [-0.15, -0.1) is 0 Å². The molecule has 4 aromatic rings. The van der Waals surface area contributed by atoms with Crippen LogP contribution in [-0.2, 0) is 22.8 Å². The molecule has 0 saturated heterocycles. The van der Waals surface area contributed by atoms with Crippen LogP contribution in [0.4, 0.5) is 0 Å². The van der Waals surface area contributed by atoms with E-state index in [1.807, 2.05) is 12.1 Å². The molecule has 0 saturated carbocycles. The molecule has 0 bridgehead atoms. The average molecular weight is 795 g/mol. The number of hydrogen-bond acceptors (Lipinski definition) is 5. The predicted octanol–water partition coefficient (Wildman–Crippen LogP) is 9.41. The van der Waals surface area contributed by atoms with Gasteiger partial charge < -0.3 is 18.0 Å². The van der Waals surface area contributed by atoms with Gasteiger partial charge in [-0.25, -0.2) is 0 Å². The normalized spacial score (nSPS) is 14.5. The molecule has 0 aliphatic rings. The lowest BCUT2D eigenvalue weighted by atomic mass is 10.2. The maximum absolute atomic E-state index is 13.1. The minimum atomic E-state index is -2.98. The summed E-state index contributed by atoms with van der Waals surface area (Å²) in [7, 11) is -6.59. The van der Waals surface area contributed by atoms with Crippen LogP contribution in [0.3, 0.4) is 0 Å². The van der Waals surface area contributed by atoms with Crippen LogP contribution in [0.2, 0.25) is 28.2 Å². The third-order valence-corrected chi connectivity index (χ3v) is 25.9. The molecular weight excluding hydrogens is 729 g/mol. The quantitative estimate of drug-likeness (QED) is 0.0643. The van der Waals surface area contributed by atoms with Gasteiger partial charge in [0.2, 0.25) is 0 Å². The van der Waals surface area contributed by atoms with E-state index in [-0.39, 0.29) is 33.6 Å². The molecule has 0 aliphatic heterocycles. The SMILES string of the molecule is COC(=O)C[C@H](/C=C/C[C@H](CO[Si](C)(C)C(C)(C)C)O[Si](c1ccccc1)(c1ccccc1)C(C)(C)C)O[Si](c1ccccc1)(c1ccccc1)C(C)(C)C. The van der Waals surface area contributed by atoms with Crippen LogP contribution in [0, 0.1) is 0 Å². The van der Waals surface area contributed by atoms with Crippen LogP contribution < -0.4 is 20.7 Å². The molecule has 0 spiro atoms. The lowest BCUT2D eigenvalue weighted by Crippen LogP contribution is -2.68. The zero-order valence-electron chi connectivity index (χ0n) is 35.5. The summed E-state index contributed by atoms with van der Waals surface area (Å²) >= 11 is 0. The Bertz CT molecular complexity index is 1710. The van der Waals surface area contributed by atoms with Gasteiger partial charge in [-0.05, 0) is 55.4 Å². The molecule has 0 aliphatic carbocycles. The lowest BCUT2D eigenvalue weighted by molar-refractivity contribution is -0.142. The van der Waals surface area contributed by atoms with Crippen molar-refractivity contribution in [2.24, 2.45) is 0 Å². The highest BCUT2D eigenvalue weighted by Gasteiger charge is 2.53. The monoisotopic (exact) mass is 794 g/mol. The van der Waals surface area contributed by atoms with Gasteiger partial charge >= 0.3 is 5.97 Å². The van der Waals surface area contributed by atoms with E-state index in [4.69, 9.17) is 18.0 Å². The molecule has 55 heavy (non-hydrogen) atoms. The topological polar surface area (TPSA) is 54.0 Å².